The zero-order chi connectivity index (χ0) is 15.4. The second-order valence-electron chi connectivity index (χ2n) is 4.65. The lowest BCUT2D eigenvalue weighted by Gasteiger charge is -2.15. The summed E-state index contributed by atoms with van der Waals surface area (Å²) in [6.07, 6.45) is 0. The third-order valence-corrected chi connectivity index (χ3v) is 3.55. The van der Waals surface area contributed by atoms with E-state index < -0.39 is 10.7 Å². The summed E-state index contributed by atoms with van der Waals surface area (Å²) in [5.74, 6) is -0.497. The molecule has 0 aliphatic rings. The fourth-order valence-corrected chi connectivity index (χ4v) is 2.37. The van der Waals surface area contributed by atoms with Crippen LogP contribution in [0.4, 0.5) is 10.1 Å². The first-order valence-corrected chi connectivity index (χ1v) is 6.77. The first-order chi connectivity index (χ1) is 9.99. The Hall–Kier alpha value is -1.98. The quantitative estimate of drug-likeness (QED) is 0.664. The van der Waals surface area contributed by atoms with Gasteiger partial charge in [-0.2, -0.15) is 0 Å². The SMILES string of the molecule is C[C@H](NCc1cc(F)ccc1[N+](=O)[O-])c1ccccc1Cl. The summed E-state index contributed by atoms with van der Waals surface area (Å²) in [4.78, 5) is 10.4. The van der Waals surface area contributed by atoms with Gasteiger partial charge < -0.3 is 5.32 Å². The molecule has 2 aromatic rings. The van der Waals surface area contributed by atoms with Gasteiger partial charge in [0.1, 0.15) is 5.82 Å². The molecule has 0 aliphatic heterocycles. The summed E-state index contributed by atoms with van der Waals surface area (Å²) in [6.45, 7) is 2.08. The summed E-state index contributed by atoms with van der Waals surface area (Å²) < 4.78 is 13.3. The minimum Gasteiger partial charge on any atom is -0.306 e. The normalized spacial score (nSPS) is 12.1. The molecular weight excluding hydrogens is 295 g/mol. The Morgan fingerprint density at radius 1 is 1.33 bits per heavy atom. The molecule has 0 amide bonds. The van der Waals surface area contributed by atoms with E-state index in [9.17, 15) is 14.5 Å². The highest BCUT2D eigenvalue weighted by Crippen LogP contribution is 2.24. The fourth-order valence-electron chi connectivity index (χ4n) is 2.07. The molecule has 0 aromatic heterocycles. The van der Waals surface area contributed by atoms with E-state index in [-0.39, 0.29) is 18.3 Å². The first-order valence-electron chi connectivity index (χ1n) is 6.39. The van der Waals surface area contributed by atoms with Crippen molar-refractivity contribution in [3.8, 4) is 0 Å². The smallest absolute Gasteiger partial charge is 0.274 e. The van der Waals surface area contributed by atoms with Crippen molar-refractivity contribution in [2.24, 2.45) is 0 Å². The molecule has 0 fully saturated rings. The standard InChI is InChI=1S/C15H14ClFN2O2/c1-10(13-4-2-3-5-14(13)16)18-9-11-8-12(17)6-7-15(11)19(20)21/h2-8,10,18H,9H2,1H3/t10-/m0/s1. The van der Waals surface area contributed by atoms with Gasteiger partial charge in [-0.25, -0.2) is 4.39 Å². The van der Waals surface area contributed by atoms with Gasteiger partial charge >= 0.3 is 0 Å². The molecule has 0 saturated heterocycles. The second kappa shape index (κ2) is 6.65. The number of nitro benzene ring substituents is 1. The molecule has 0 aliphatic carbocycles. The zero-order valence-corrected chi connectivity index (χ0v) is 12.1. The summed E-state index contributed by atoms with van der Waals surface area (Å²) in [6, 6.07) is 10.7. The highest BCUT2D eigenvalue weighted by Gasteiger charge is 2.16. The van der Waals surface area contributed by atoms with Crippen LogP contribution < -0.4 is 5.32 Å². The maximum Gasteiger partial charge on any atom is 0.274 e. The van der Waals surface area contributed by atoms with E-state index in [0.717, 1.165) is 11.6 Å². The van der Waals surface area contributed by atoms with Gasteiger partial charge in [-0.1, -0.05) is 29.8 Å². The number of hydrogen-bond donors (Lipinski definition) is 1. The van der Waals surface area contributed by atoms with Crippen molar-refractivity contribution in [3.63, 3.8) is 0 Å². The predicted molar refractivity (Wildman–Crippen MR) is 79.8 cm³/mol. The molecule has 6 heteroatoms. The van der Waals surface area contributed by atoms with Crippen LogP contribution in [0, 0.1) is 15.9 Å². The lowest BCUT2D eigenvalue weighted by atomic mass is 10.1. The van der Waals surface area contributed by atoms with Crippen molar-refractivity contribution in [2.45, 2.75) is 19.5 Å². The monoisotopic (exact) mass is 308 g/mol. The molecular formula is C15H14ClFN2O2. The van der Waals surface area contributed by atoms with Crippen LogP contribution in [-0.2, 0) is 6.54 Å². The molecule has 1 atom stereocenters. The van der Waals surface area contributed by atoms with Crippen LogP contribution in [0.2, 0.25) is 5.02 Å². The van der Waals surface area contributed by atoms with Crippen molar-refractivity contribution in [3.05, 3.63) is 74.5 Å². The molecule has 0 heterocycles. The Morgan fingerprint density at radius 3 is 2.71 bits per heavy atom. The molecule has 0 unspecified atom stereocenters. The first kappa shape index (κ1) is 15.4. The predicted octanol–water partition coefficient (Wildman–Crippen LogP) is 4.24. The van der Waals surface area contributed by atoms with Gasteiger partial charge in [0.15, 0.2) is 0 Å². The van der Waals surface area contributed by atoms with Crippen LogP contribution in [0.25, 0.3) is 0 Å². The van der Waals surface area contributed by atoms with Crippen LogP contribution >= 0.6 is 11.6 Å². The van der Waals surface area contributed by atoms with Crippen molar-refractivity contribution in [1.82, 2.24) is 5.32 Å². The Labute approximate surface area is 126 Å². The average molecular weight is 309 g/mol. The fraction of sp³-hybridized carbons (Fsp3) is 0.200. The molecule has 1 N–H and O–H groups in total. The largest absolute Gasteiger partial charge is 0.306 e. The van der Waals surface area contributed by atoms with Crippen LogP contribution in [0.5, 0.6) is 0 Å². The number of nitrogens with one attached hydrogen (secondary N) is 1. The molecule has 0 saturated carbocycles. The third kappa shape index (κ3) is 3.77. The van der Waals surface area contributed by atoms with Crippen LogP contribution in [-0.4, -0.2) is 4.92 Å². The minimum atomic E-state index is -0.517. The summed E-state index contributed by atoms with van der Waals surface area (Å²) >= 11 is 6.10. The molecule has 21 heavy (non-hydrogen) atoms. The molecule has 2 aromatic carbocycles. The van der Waals surface area contributed by atoms with E-state index >= 15 is 0 Å². The molecule has 4 nitrogen and oxygen atoms in total. The minimum absolute atomic E-state index is 0.102. The van der Waals surface area contributed by atoms with Gasteiger partial charge in [0.2, 0.25) is 0 Å². The maximum absolute atomic E-state index is 13.3. The van der Waals surface area contributed by atoms with Gasteiger partial charge in [-0.15, -0.1) is 0 Å². The lowest BCUT2D eigenvalue weighted by Crippen LogP contribution is -2.19. The van der Waals surface area contributed by atoms with E-state index in [1.807, 2.05) is 25.1 Å². The number of halogens is 2. The van der Waals surface area contributed by atoms with Gasteiger partial charge in [0.05, 0.1) is 4.92 Å². The van der Waals surface area contributed by atoms with Crippen molar-refractivity contribution in [1.29, 1.82) is 0 Å². The van der Waals surface area contributed by atoms with Crippen LogP contribution in [0.1, 0.15) is 24.1 Å². The molecule has 110 valence electrons. The third-order valence-electron chi connectivity index (χ3n) is 3.21. The van der Waals surface area contributed by atoms with Crippen LogP contribution in [0.3, 0.4) is 0 Å². The van der Waals surface area contributed by atoms with E-state index in [2.05, 4.69) is 5.32 Å². The maximum atomic E-state index is 13.3. The van der Waals surface area contributed by atoms with Gasteiger partial charge in [-0.05, 0) is 30.7 Å². The van der Waals surface area contributed by atoms with E-state index in [4.69, 9.17) is 11.6 Å². The number of nitro groups is 1. The van der Waals surface area contributed by atoms with Crippen LogP contribution in [0.15, 0.2) is 42.5 Å². The molecule has 0 radical (unpaired) electrons. The summed E-state index contributed by atoms with van der Waals surface area (Å²) in [5, 5.41) is 14.7. The van der Waals surface area contributed by atoms with Gasteiger partial charge in [-0.3, -0.25) is 10.1 Å². The number of benzene rings is 2. The van der Waals surface area contributed by atoms with Crippen molar-refractivity contribution in [2.75, 3.05) is 0 Å². The van der Waals surface area contributed by atoms with Crippen molar-refractivity contribution >= 4 is 17.3 Å². The number of nitrogens with zero attached hydrogens (tertiary/aromatic N) is 1. The van der Waals surface area contributed by atoms with Crippen molar-refractivity contribution < 1.29 is 9.31 Å². The summed E-state index contributed by atoms with van der Waals surface area (Å²) in [7, 11) is 0. The highest BCUT2D eigenvalue weighted by molar-refractivity contribution is 6.31. The number of hydrogen-bond acceptors (Lipinski definition) is 3. The molecule has 2 rings (SSSR count). The average Bonchev–Trinajstić information content (AvgIpc) is 2.45. The second-order valence-corrected chi connectivity index (χ2v) is 5.06. The van der Waals surface area contributed by atoms with Gasteiger partial charge in [0.25, 0.3) is 5.69 Å². The van der Waals surface area contributed by atoms with Gasteiger partial charge in [0, 0.05) is 29.2 Å². The Bertz CT molecular complexity index is 664. The Kier molecular flexibility index (Phi) is 4.88. The Balaban J connectivity index is 2.15. The molecule has 0 bridgehead atoms. The zero-order valence-electron chi connectivity index (χ0n) is 11.3. The molecule has 0 spiro atoms. The summed E-state index contributed by atoms with van der Waals surface area (Å²) in [5.41, 5.74) is 1.09. The van der Waals surface area contributed by atoms with E-state index in [1.165, 1.54) is 12.1 Å². The van der Waals surface area contributed by atoms with E-state index in [1.54, 1.807) is 6.07 Å². The topological polar surface area (TPSA) is 55.2 Å². The lowest BCUT2D eigenvalue weighted by molar-refractivity contribution is -0.385. The Morgan fingerprint density at radius 2 is 2.05 bits per heavy atom. The highest BCUT2D eigenvalue weighted by atomic mass is 35.5. The van der Waals surface area contributed by atoms with E-state index in [0.29, 0.717) is 10.6 Å². The number of rotatable bonds is 5.